The van der Waals surface area contributed by atoms with Crippen molar-refractivity contribution in [2.24, 2.45) is 0 Å². The Morgan fingerprint density at radius 3 is 1.33 bits per heavy atom. The Balaban J connectivity index is 0. The van der Waals surface area contributed by atoms with Gasteiger partial charge in [-0.3, -0.25) is 0 Å². The molecule has 0 saturated heterocycles. The first kappa shape index (κ1) is 33.9. The predicted molar refractivity (Wildman–Crippen MR) is 128 cm³/mol. The molecule has 0 aliphatic rings. The van der Waals surface area contributed by atoms with E-state index in [2.05, 4.69) is 74.8 Å². The minimum Gasteiger partial charge on any atom is -0.0623 e. The van der Waals surface area contributed by atoms with Crippen molar-refractivity contribution < 1.29 is 44.7 Å². The molecular weight excluding hydrogens is 567 g/mol. The summed E-state index contributed by atoms with van der Waals surface area (Å²) in [5.74, 6) is 0. The molecule has 3 rings (SSSR count). The molecule has 0 aromatic heterocycles. The normalized spacial score (nSPS) is 12.2. The first-order valence-corrected chi connectivity index (χ1v) is 13.7. The molecule has 0 unspecified atom stereocenters. The van der Waals surface area contributed by atoms with Gasteiger partial charge in [-0.1, -0.05) is 74.7 Å². The van der Waals surface area contributed by atoms with E-state index in [-0.39, 0.29) is 27.4 Å². The zero-order valence-corrected chi connectivity index (χ0v) is 22.4. The average Bonchev–Trinajstić information content (AvgIpc) is 2.69. The molecule has 0 fully saturated rings. The van der Waals surface area contributed by atoms with Crippen molar-refractivity contribution in [3.8, 4) is 0 Å². The van der Waals surface area contributed by atoms with Gasteiger partial charge in [-0.2, -0.15) is 30.3 Å². The molecule has 33 heavy (non-hydrogen) atoms. The van der Waals surface area contributed by atoms with Gasteiger partial charge in [-0.15, -0.1) is 5.56 Å². The molecule has 0 radical (unpaired) electrons. The Kier molecular flexibility index (Phi) is 15.2. The maximum Gasteiger partial charge on any atom is 2.00 e. The number of halogens is 6. The summed E-state index contributed by atoms with van der Waals surface area (Å²) in [7, 11) is -6.44. The minimum atomic E-state index is -10.7. The zero-order chi connectivity index (χ0) is 24.7. The van der Waals surface area contributed by atoms with Crippen LogP contribution in [0.4, 0.5) is 25.2 Å². The molecule has 186 valence electrons. The fourth-order valence-electron chi connectivity index (χ4n) is 1.98. The van der Waals surface area contributed by atoms with Crippen LogP contribution >= 0.6 is 15.7 Å². The van der Waals surface area contributed by atoms with Crippen molar-refractivity contribution >= 4 is 21.0 Å². The van der Waals surface area contributed by atoms with E-state index in [1.54, 1.807) is 0 Å². The maximum absolute atomic E-state index is 10.7. The summed E-state index contributed by atoms with van der Waals surface area (Å²) in [6, 6.07) is 33.8. The van der Waals surface area contributed by atoms with Gasteiger partial charge < -0.3 is 4.90 Å². The molecule has 10 heteroatoms. The SMILES string of the molecule is CN(C)Cc1[c-]cccc1.CP(C)c1ccccc1.F[P-](F)(F)(F)(F)F.[Ru+2].c1ccccc1. The van der Waals surface area contributed by atoms with Crippen molar-refractivity contribution in [1.82, 2.24) is 4.90 Å². The quantitative estimate of drug-likeness (QED) is 0.127. The van der Waals surface area contributed by atoms with Gasteiger partial charge in [0.2, 0.25) is 0 Å². The Labute approximate surface area is 207 Å². The molecule has 0 N–H and O–H groups in total. The van der Waals surface area contributed by atoms with Crippen LogP contribution in [-0.2, 0) is 26.0 Å². The molecule has 0 bridgehead atoms. The monoisotopic (exact) mass is 597 g/mol. The molecule has 0 aliphatic carbocycles. The molecular formula is C23H29F6NP2Ru. The second-order valence-electron chi connectivity index (χ2n) is 6.97. The zero-order valence-electron chi connectivity index (χ0n) is 18.8. The van der Waals surface area contributed by atoms with E-state index in [0.717, 1.165) is 6.54 Å². The van der Waals surface area contributed by atoms with Gasteiger partial charge in [-0.05, 0) is 32.7 Å². The third-order valence-electron chi connectivity index (χ3n) is 3.20. The van der Waals surface area contributed by atoms with Crippen LogP contribution in [-0.4, -0.2) is 32.3 Å². The molecule has 3 aromatic carbocycles. The summed E-state index contributed by atoms with van der Waals surface area (Å²) in [6.07, 6.45) is 0. The topological polar surface area (TPSA) is 3.24 Å². The van der Waals surface area contributed by atoms with E-state index in [4.69, 9.17) is 0 Å². The summed E-state index contributed by atoms with van der Waals surface area (Å²) < 4.78 is 59.2. The second-order valence-corrected chi connectivity index (χ2v) is 11.2. The summed E-state index contributed by atoms with van der Waals surface area (Å²) in [5, 5.41) is 1.48. The average molecular weight is 596 g/mol. The van der Waals surface area contributed by atoms with Gasteiger partial charge in [0.05, 0.1) is 0 Å². The number of hydrogen-bond donors (Lipinski definition) is 0. The molecule has 0 aliphatic heterocycles. The van der Waals surface area contributed by atoms with Gasteiger partial charge in [0.15, 0.2) is 0 Å². The predicted octanol–water partition coefficient (Wildman–Crippen LogP) is 8.67. The van der Waals surface area contributed by atoms with Gasteiger partial charge >= 0.3 is 52.5 Å². The Hall–Kier alpha value is -1.32. The molecule has 0 saturated carbocycles. The second kappa shape index (κ2) is 14.8. The van der Waals surface area contributed by atoms with E-state index in [1.165, 1.54) is 10.9 Å². The molecule has 0 spiro atoms. The van der Waals surface area contributed by atoms with E-state index < -0.39 is 7.81 Å². The van der Waals surface area contributed by atoms with Gasteiger partial charge in [0, 0.05) is 6.54 Å². The third-order valence-corrected chi connectivity index (χ3v) is 4.53. The van der Waals surface area contributed by atoms with Crippen LogP contribution in [0.15, 0.2) is 91.0 Å². The number of nitrogens with zero attached hydrogens (tertiary/aromatic N) is 1. The number of benzene rings is 3. The molecule has 1 nitrogen and oxygen atoms in total. The maximum atomic E-state index is 9.87. The summed E-state index contributed by atoms with van der Waals surface area (Å²) in [4.78, 5) is 2.13. The fraction of sp³-hybridized carbons (Fsp3) is 0.217. The fourth-order valence-corrected chi connectivity index (χ4v) is 2.75. The van der Waals surface area contributed by atoms with E-state index in [0.29, 0.717) is 0 Å². The Bertz CT molecular complexity index is 810. The molecule has 3 aromatic rings. The third kappa shape index (κ3) is 30.7. The summed E-state index contributed by atoms with van der Waals surface area (Å²) in [6.45, 7) is 5.51. The van der Waals surface area contributed by atoms with Crippen LogP contribution in [0.2, 0.25) is 0 Å². The van der Waals surface area contributed by atoms with Crippen molar-refractivity contribution in [2.75, 3.05) is 27.4 Å². The van der Waals surface area contributed by atoms with Gasteiger partial charge in [0.25, 0.3) is 0 Å². The molecule has 0 heterocycles. The summed E-state index contributed by atoms with van der Waals surface area (Å²) >= 11 is 0. The van der Waals surface area contributed by atoms with E-state index in [9.17, 15) is 25.2 Å². The van der Waals surface area contributed by atoms with Crippen LogP contribution in [0.3, 0.4) is 0 Å². The minimum absolute atomic E-state index is 0. The van der Waals surface area contributed by atoms with Crippen LogP contribution in [0.25, 0.3) is 0 Å². The van der Waals surface area contributed by atoms with Crippen molar-refractivity contribution in [3.63, 3.8) is 0 Å². The molecule has 0 atom stereocenters. The van der Waals surface area contributed by atoms with Crippen molar-refractivity contribution in [3.05, 3.63) is 103 Å². The van der Waals surface area contributed by atoms with Crippen molar-refractivity contribution in [2.45, 2.75) is 6.54 Å². The number of rotatable bonds is 3. The first-order valence-electron chi connectivity index (χ1n) is 9.43. The number of hydrogen-bond acceptors (Lipinski definition) is 1. The largest absolute Gasteiger partial charge is 2.00 e. The van der Waals surface area contributed by atoms with Crippen molar-refractivity contribution in [1.29, 1.82) is 0 Å². The standard InChI is InChI=1S/C9H12N.C8H11P.C6H6.F6P.Ru/c1-10(2)8-9-6-4-3-5-7-9;1-9(2)8-6-4-3-5-7-8;1-2-4-6-5-3-1;1-7(2,3,4,5)6;/h3-6H,8H2,1-2H3;3-7H,1-2H3;1-6H;;/q-1;;;-1;+2. The van der Waals surface area contributed by atoms with Crippen LogP contribution < -0.4 is 5.30 Å². The Morgan fingerprint density at radius 1 is 0.697 bits per heavy atom. The van der Waals surface area contributed by atoms with Crippen LogP contribution in [0.5, 0.6) is 0 Å². The van der Waals surface area contributed by atoms with Crippen LogP contribution in [0, 0.1) is 6.07 Å². The van der Waals surface area contributed by atoms with Gasteiger partial charge in [0.1, 0.15) is 0 Å². The van der Waals surface area contributed by atoms with E-state index >= 15 is 0 Å². The first-order chi connectivity index (χ1) is 14.5. The summed E-state index contributed by atoms with van der Waals surface area (Å²) in [5.41, 5.74) is 1.24. The van der Waals surface area contributed by atoms with Gasteiger partial charge in [-0.25, -0.2) is 0 Å². The van der Waals surface area contributed by atoms with E-state index in [1.807, 2.05) is 54.6 Å². The van der Waals surface area contributed by atoms with Crippen LogP contribution in [0.1, 0.15) is 5.56 Å². The molecule has 0 amide bonds. The Morgan fingerprint density at radius 2 is 1.06 bits per heavy atom. The smallest absolute Gasteiger partial charge is 0.0623 e.